The van der Waals surface area contributed by atoms with E-state index in [-0.39, 0.29) is 13.2 Å². The van der Waals surface area contributed by atoms with E-state index in [9.17, 15) is 9.59 Å². The highest BCUT2D eigenvalue weighted by Gasteiger charge is 2.05. The molecule has 0 aliphatic carbocycles. The van der Waals surface area contributed by atoms with Gasteiger partial charge in [-0.05, 0) is 19.1 Å². The fraction of sp³-hybridized carbons (Fsp3) is 0.188. The van der Waals surface area contributed by atoms with E-state index in [1.807, 2.05) is 30.3 Å². The molecule has 2 aromatic rings. The number of ether oxygens (including phenoxy) is 2. The molecule has 0 unspecified atom stereocenters. The summed E-state index contributed by atoms with van der Waals surface area (Å²) in [6.07, 6.45) is 4.57. The van der Waals surface area contributed by atoms with Crippen molar-refractivity contribution >= 4 is 28.9 Å². The summed E-state index contributed by atoms with van der Waals surface area (Å²) in [5, 5.41) is 0.986. The Morgan fingerprint density at radius 3 is 2.81 bits per heavy atom. The standard InChI is InChI=1S/C16H15NO4/c1-2-20-15(19)11-21-14(18)9-8-13-6-3-5-12-7-4-10-17-16(12)13/h3-10H,2,11H2,1H3. The number of hydrogen-bond acceptors (Lipinski definition) is 5. The molecule has 21 heavy (non-hydrogen) atoms. The first-order valence-corrected chi connectivity index (χ1v) is 6.55. The highest BCUT2D eigenvalue weighted by atomic mass is 16.6. The molecular formula is C16H15NO4. The van der Waals surface area contributed by atoms with Gasteiger partial charge in [0, 0.05) is 23.2 Å². The SMILES string of the molecule is CCOC(=O)COC(=O)C=Cc1cccc2cccnc12. The van der Waals surface area contributed by atoms with Crippen molar-refractivity contribution in [3.8, 4) is 0 Å². The first-order chi connectivity index (χ1) is 10.2. The number of fused-ring (bicyclic) bond motifs is 1. The Hall–Kier alpha value is -2.69. The van der Waals surface area contributed by atoms with Crippen molar-refractivity contribution in [1.82, 2.24) is 4.98 Å². The molecule has 1 aromatic heterocycles. The molecule has 0 N–H and O–H groups in total. The topological polar surface area (TPSA) is 65.5 Å². The largest absolute Gasteiger partial charge is 0.463 e. The molecule has 0 atom stereocenters. The van der Waals surface area contributed by atoms with Crippen LogP contribution in [0.5, 0.6) is 0 Å². The van der Waals surface area contributed by atoms with Crippen LogP contribution < -0.4 is 0 Å². The molecule has 108 valence electrons. The monoisotopic (exact) mass is 285 g/mol. The van der Waals surface area contributed by atoms with Crippen molar-refractivity contribution in [2.24, 2.45) is 0 Å². The molecule has 0 bridgehead atoms. The third kappa shape index (κ3) is 4.14. The van der Waals surface area contributed by atoms with Gasteiger partial charge in [-0.25, -0.2) is 9.59 Å². The third-order valence-corrected chi connectivity index (χ3v) is 2.70. The van der Waals surface area contributed by atoms with Crippen molar-refractivity contribution < 1.29 is 19.1 Å². The van der Waals surface area contributed by atoms with E-state index < -0.39 is 11.9 Å². The maximum atomic E-state index is 11.5. The van der Waals surface area contributed by atoms with Gasteiger partial charge in [-0.1, -0.05) is 24.3 Å². The minimum atomic E-state index is -0.601. The number of carbonyl (C=O) groups is 2. The maximum absolute atomic E-state index is 11.5. The minimum absolute atomic E-state index is 0.258. The van der Waals surface area contributed by atoms with Crippen LogP contribution in [0.15, 0.2) is 42.6 Å². The van der Waals surface area contributed by atoms with Crippen LogP contribution in [-0.2, 0) is 19.1 Å². The number of para-hydroxylation sites is 1. The fourth-order valence-corrected chi connectivity index (χ4v) is 1.80. The van der Waals surface area contributed by atoms with Gasteiger partial charge in [0.1, 0.15) is 0 Å². The lowest BCUT2D eigenvalue weighted by atomic mass is 10.1. The van der Waals surface area contributed by atoms with Crippen LogP contribution in [0.2, 0.25) is 0 Å². The lowest BCUT2D eigenvalue weighted by Gasteiger charge is -2.02. The first kappa shape index (κ1) is 14.7. The molecule has 0 amide bonds. The van der Waals surface area contributed by atoms with Gasteiger partial charge >= 0.3 is 11.9 Å². The summed E-state index contributed by atoms with van der Waals surface area (Å²) < 4.78 is 9.43. The molecule has 1 heterocycles. The molecule has 5 nitrogen and oxygen atoms in total. The van der Waals surface area contributed by atoms with Crippen LogP contribution in [0.25, 0.3) is 17.0 Å². The van der Waals surface area contributed by atoms with E-state index in [2.05, 4.69) is 9.72 Å². The number of benzene rings is 1. The molecule has 0 spiro atoms. The zero-order valence-corrected chi connectivity index (χ0v) is 11.6. The second-order valence-electron chi connectivity index (χ2n) is 4.17. The van der Waals surface area contributed by atoms with Crippen molar-refractivity contribution in [1.29, 1.82) is 0 Å². The van der Waals surface area contributed by atoms with Crippen molar-refractivity contribution in [3.63, 3.8) is 0 Å². The zero-order valence-electron chi connectivity index (χ0n) is 11.6. The highest BCUT2D eigenvalue weighted by molar-refractivity contribution is 5.93. The average molecular weight is 285 g/mol. The summed E-state index contributed by atoms with van der Waals surface area (Å²) in [4.78, 5) is 26.9. The summed E-state index contributed by atoms with van der Waals surface area (Å²) >= 11 is 0. The van der Waals surface area contributed by atoms with Crippen LogP contribution in [0.4, 0.5) is 0 Å². The van der Waals surface area contributed by atoms with Crippen LogP contribution in [0, 0.1) is 0 Å². The lowest BCUT2D eigenvalue weighted by Crippen LogP contribution is -2.15. The summed E-state index contributed by atoms with van der Waals surface area (Å²) in [6.45, 7) is 1.56. The number of rotatable bonds is 5. The van der Waals surface area contributed by atoms with E-state index in [4.69, 9.17) is 4.74 Å². The van der Waals surface area contributed by atoms with Crippen LogP contribution >= 0.6 is 0 Å². The molecule has 0 saturated carbocycles. The summed E-state index contributed by atoms with van der Waals surface area (Å²) in [5.74, 6) is -1.16. The van der Waals surface area contributed by atoms with E-state index in [1.165, 1.54) is 6.08 Å². The Morgan fingerprint density at radius 1 is 1.19 bits per heavy atom. The zero-order chi connectivity index (χ0) is 15.1. The molecule has 1 aromatic carbocycles. The van der Waals surface area contributed by atoms with Gasteiger partial charge in [0.2, 0.25) is 0 Å². The number of carbonyl (C=O) groups excluding carboxylic acids is 2. The minimum Gasteiger partial charge on any atom is -0.463 e. The van der Waals surface area contributed by atoms with Gasteiger partial charge in [0.15, 0.2) is 6.61 Å². The molecule has 0 aliphatic rings. The van der Waals surface area contributed by atoms with Gasteiger partial charge in [-0.3, -0.25) is 4.98 Å². The third-order valence-electron chi connectivity index (χ3n) is 2.70. The normalized spacial score (nSPS) is 10.7. The Morgan fingerprint density at radius 2 is 2.00 bits per heavy atom. The Balaban J connectivity index is 2.02. The summed E-state index contributed by atoms with van der Waals surface area (Å²) in [5.41, 5.74) is 1.61. The number of hydrogen-bond donors (Lipinski definition) is 0. The van der Waals surface area contributed by atoms with E-state index in [0.717, 1.165) is 16.5 Å². The second-order valence-corrected chi connectivity index (χ2v) is 4.17. The van der Waals surface area contributed by atoms with Gasteiger partial charge in [0.25, 0.3) is 0 Å². The number of nitrogens with zero attached hydrogens (tertiary/aromatic N) is 1. The van der Waals surface area contributed by atoms with Crippen molar-refractivity contribution in [2.75, 3.05) is 13.2 Å². The second kappa shape index (κ2) is 7.19. The Labute approximate surface area is 122 Å². The van der Waals surface area contributed by atoms with Crippen molar-refractivity contribution in [2.45, 2.75) is 6.92 Å². The lowest BCUT2D eigenvalue weighted by molar-refractivity contribution is -0.155. The van der Waals surface area contributed by atoms with Crippen LogP contribution in [0.3, 0.4) is 0 Å². The molecule has 0 saturated heterocycles. The molecule has 0 aliphatic heterocycles. The molecule has 0 radical (unpaired) electrons. The first-order valence-electron chi connectivity index (χ1n) is 6.55. The van der Waals surface area contributed by atoms with E-state index in [1.54, 1.807) is 19.2 Å². The summed E-state index contributed by atoms with van der Waals surface area (Å²) in [7, 11) is 0. The number of pyridine rings is 1. The maximum Gasteiger partial charge on any atom is 0.344 e. The predicted molar refractivity (Wildman–Crippen MR) is 78.4 cm³/mol. The van der Waals surface area contributed by atoms with Crippen LogP contribution in [0.1, 0.15) is 12.5 Å². The molecular weight excluding hydrogens is 270 g/mol. The number of esters is 2. The van der Waals surface area contributed by atoms with E-state index in [0.29, 0.717) is 0 Å². The molecule has 5 heteroatoms. The predicted octanol–water partition coefficient (Wildman–Crippen LogP) is 2.35. The fourth-order valence-electron chi connectivity index (χ4n) is 1.80. The molecule has 2 rings (SSSR count). The quantitative estimate of drug-likeness (QED) is 0.623. The smallest absolute Gasteiger partial charge is 0.344 e. The summed E-state index contributed by atoms with van der Waals surface area (Å²) in [6, 6.07) is 9.47. The molecule has 0 fully saturated rings. The van der Waals surface area contributed by atoms with Gasteiger partial charge < -0.3 is 9.47 Å². The Bertz CT molecular complexity index is 674. The van der Waals surface area contributed by atoms with Crippen LogP contribution in [-0.4, -0.2) is 30.1 Å². The van der Waals surface area contributed by atoms with Gasteiger partial charge in [-0.15, -0.1) is 0 Å². The van der Waals surface area contributed by atoms with Crippen molar-refractivity contribution in [3.05, 3.63) is 48.2 Å². The van der Waals surface area contributed by atoms with E-state index >= 15 is 0 Å². The van der Waals surface area contributed by atoms with Gasteiger partial charge in [0.05, 0.1) is 12.1 Å². The van der Waals surface area contributed by atoms with Gasteiger partial charge in [-0.2, -0.15) is 0 Å². The average Bonchev–Trinajstić information content (AvgIpc) is 2.51. The Kier molecular flexibility index (Phi) is 5.04. The number of aromatic nitrogens is 1. The highest BCUT2D eigenvalue weighted by Crippen LogP contribution is 2.17.